The van der Waals surface area contributed by atoms with Crippen LogP contribution in [0.2, 0.25) is 0 Å². The molecule has 0 aliphatic heterocycles. The van der Waals surface area contributed by atoms with Gasteiger partial charge in [0.25, 0.3) is 0 Å². The van der Waals surface area contributed by atoms with E-state index in [1.54, 1.807) is 0 Å². The van der Waals surface area contributed by atoms with Crippen molar-refractivity contribution in [3.05, 3.63) is 0 Å². The van der Waals surface area contributed by atoms with Crippen LogP contribution < -0.4 is 0 Å². The van der Waals surface area contributed by atoms with Gasteiger partial charge in [-0.3, -0.25) is 9.59 Å². The Morgan fingerprint density at radius 1 is 1.36 bits per heavy atom. The Morgan fingerprint density at radius 2 is 1.82 bits per heavy atom. The van der Waals surface area contributed by atoms with Gasteiger partial charge in [-0.2, -0.15) is 12.6 Å². The van der Waals surface area contributed by atoms with Crippen LogP contribution in [0, 0.1) is 0 Å². The van der Waals surface area contributed by atoms with Gasteiger partial charge in [-0.25, -0.2) is 0 Å². The van der Waals surface area contributed by atoms with Crippen LogP contribution in [-0.4, -0.2) is 27.4 Å². The van der Waals surface area contributed by atoms with Crippen molar-refractivity contribution in [2.75, 3.05) is 0 Å². The molecule has 0 rings (SSSR count). The average molecular weight is 272 g/mol. The van der Waals surface area contributed by atoms with E-state index >= 15 is 0 Å². The van der Waals surface area contributed by atoms with Crippen molar-refractivity contribution in [1.29, 1.82) is 0 Å². The zero-order valence-electron chi connectivity index (χ0n) is 5.45. The van der Waals surface area contributed by atoms with E-state index in [1.807, 2.05) is 0 Å². The fourth-order valence-electron chi connectivity index (χ4n) is 0.384. The molecule has 69 valence electrons. The van der Waals surface area contributed by atoms with E-state index in [0.29, 0.717) is 0 Å². The maximum Gasteiger partial charge on any atom is 0.316 e. The van der Waals surface area contributed by atoms with Crippen LogP contribution >= 0.6 is 12.6 Å². The van der Waals surface area contributed by atoms with Crippen molar-refractivity contribution in [3.8, 4) is 0 Å². The maximum atomic E-state index is 10.0. The third-order valence-electron chi connectivity index (χ3n) is 0.917. The second-order valence-corrected chi connectivity index (χ2v) is 2.41. The van der Waals surface area contributed by atoms with E-state index in [4.69, 9.17) is 10.2 Å². The first-order valence-corrected chi connectivity index (χ1v) is 3.18. The van der Waals surface area contributed by atoms with Crippen molar-refractivity contribution >= 4 is 24.6 Å². The fraction of sp³-hybridized carbons (Fsp3) is 0.600. The van der Waals surface area contributed by atoms with Gasteiger partial charge in [0.05, 0.1) is 5.25 Å². The molecule has 0 aromatic carbocycles. The van der Waals surface area contributed by atoms with Crippen molar-refractivity contribution in [1.82, 2.24) is 0 Å². The summed E-state index contributed by atoms with van der Waals surface area (Å²) in [7, 11) is 0. The monoisotopic (exact) mass is 271 g/mol. The Balaban J connectivity index is 0. The molecule has 4 nitrogen and oxygen atoms in total. The summed E-state index contributed by atoms with van der Waals surface area (Å²) >= 11 is 3.64. The maximum absolute atomic E-state index is 10.0. The molecule has 1 radical (unpaired) electrons. The SMILES string of the molecule is O=C(O)CCC(S)C(=O)O.[Ag]. The number of carbonyl (C=O) groups is 2. The van der Waals surface area contributed by atoms with Gasteiger partial charge in [0.2, 0.25) is 0 Å². The van der Waals surface area contributed by atoms with Gasteiger partial charge in [0, 0.05) is 28.8 Å². The molecule has 0 heterocycles. The number of carboxylic acids is 2. The first-order chi connectivity index (χ1) is 4.54. The number of hydrogen-bond acceptors (Lipinski definition) is 3. The van der Waals surface area contributed by atoms with Crippen LogP contribution in [0.3, 0.4) is 0 Å². The van der Waals surface area contributed by atoms with Crippen LogP contribution in [0.4, 0.5) is 0 Å². The molecule has 0 aliphatic carbocycles. The van der Waals surface area contributed by atoms with Crippen LogP contribution in [0.5, 0.6) is 0 Å². The van der Waals surface area contributed by atoms with Gasteiger partial charge >= 0.3 is 11.9 Å². The van der Waals surface area contributed by atoms with Gasteiger partial charge in [0.15, 0.2) is 0 Å². The first-order valence-electron chi connectivity index (χ1n) is 2.66. The molecule has 6 heteroatoms. The minimum absolute atomic E-state index is 0. The second kappa shape index (κ2) is 6.72. The molecule has 0 amide bonds. The molecule has 1 atom stereocenters. The minimum atomic E-state index is -1.08. The molecular weight excluding hydrogens is 264 g/mol. The summed E-state index contributed by atoms with van der Waals surface area (Å²) in [6.45, 7) is 0. The Labute approximate surface area is 84.9 Å². The smallest absolute Gasteiger partial charge is 0.316 e. The quantitative estimate of drug-likeness (QED) is 0.506. The molecule has 11 heavy (non-hydrogen) atoms. The molecule has 0 aromatic heterocycles. The molecule has 0 saturated carbocycles. The molecule has 0 spiro atoms. The van der Waals surface area contributed by atoms with Crippen LogP contribution in [0.15, 0.2) is 0 Å². The largest absolute Gasteiger partial charge is 0.481 e. The molecule has 0 fully saturated rings. The van der Waals surface area contributed by atoms with Crippen LogP contribution in [-0.2, 0) is 32.0 Å². The Bertz CT molecular complexity index is 149. The van der Waals surface area contributed by atoms with Gasteiger partial charge < -0.3 is 10.2 Å². The average Bonchev–Trinajstić information content (AvgIpc) is 1.82. The summed E-state index contributed by atoms with van der Waals surface area (Å²) in [6.07, 6.45) is -0.0890. The predicted octanol–water partition coefficient (Wildman–Crippen LogP) is 0.232. The second-order valence-electron chi connectivity index (χ2n) is 1.79. The van der Waals surface area contributed by atoms with Crippen molar-refractivity contribution in [2.24, 2.45) is 0 Å². The van der Waals surface area contributed by atoms with E-state index in [1.165, 1.54) is 0 Å². The normalized spacial score (nSPS) is 11.4. The minimum Gasteiger partial charge on any atom is -0.481 e. The topological polar surface area (TPSA) is 74.6 Å². The summed E-state index contributed by atoms with van der Waals surface area (Å²) < 4.78 is 0. The van der Waals surface area contributed by atoms with Crippen LogP contribution in [0.1, 0.15) is 12.8 Å². The Hall–Kier alpha value is 0.0303. The molecule has 1 unspecified atom stereocenters. The van der Waals surface area contributed by atoms with Gasteiger partial charge in [0.1, 0.15) is 0 Å². The number of hydrogen-bond donors (Lipinski definition) is 3. The van der Waals surface area contributed by atoms with Crippen molar-refractivity contribution in [3.63, 3.8) is 0 Å². The van der Waals surface area contributed by atoms with Gasteiger partial charge in [-0.1, -0.05) is 0 Å². The Morgan fingerprint density at radius 3 is 2.09 bits per heavy atom. The van der Waals surface area contributed by atoms with Gasteiger partial charge in [-0.15, -0.1) is 0 Å². The van der Waals surface area contributed by atoms with E-state index in [0.717, 1.165) is 0 Å². The summed E-state index contributed by atoms with van der Waals surface area (Å²) in [6, 6.07) is 0. The standard InChI is InChI=1S/C5H8O4S.Ag/c6-4(7)2-1-3(10)5(8)9;/h3,10H,1-2H2,(H,6,7)(H,8,9);. The van der Waals surface area contributed by atoms with Crippen molar-refractivity contribution in [2.45, 2.75) is 18.1 Å². The third-order valence-corrected chi connectivity index (χ3v) is 1.40. The van der Waals surface area contributed by atoms with E-state index in [9.17, 15) is 9.59 Å². The van der Waals surface area contributed by atoms with Gasteiger partial charge in [-0.05, 0) is 6.42 Å². The summed E-state index contributed by atoms with van der Waals surface area (Å²) in [5, 5.41) is 15.5. The number of carboxylic acid groups (broad SMARTS) is 2. The van der Waals surface area contributed by atoms with Crippen LogP contribution in [0.25, 0.3) is 0 Å². The fourth-order valence-corrected chi connectivity index (χ4v) is 0.513. The number of rotatable bonds is 4. The van der Waals surface area contributed by atoms with E-state index in [2.05, 4.69) is 12.6 Å². The molecular formula is C5H8AgO4S. The molecule has 0 aliphatic rings. The molecule has 2 N–H and O–H groups in total. The summed E-state index contributed by atoms with van der Waals surface area (Å²) in [5.74, 6) is -2.08. The number of aliphatic carboxylic acids is 2. The number of thiol groups is 1. The van der Waals surface area contributed by atoms with Crippen molar-refractivity contribution < 1.29 is 42.2 Å². The zero-order valence-corrected chi connectivity index (χ0v) is 7.83. The predicted molar refractivity (Wildman–Crippen MR) is 37.3 cm³/mol. The first kappa shape index (κ1) is 13.6. The molecule has 0 aromatic rings. The third kappa shape index (κ3) is 7.93. The zero-order chi connectivity index (χ0) is 8.15. The van der Waals surface area contributed by atoms with E-state index in [-0.39, 0.29) is 35.2 Å². The summed E-state index contributed by atoms with van der Waals surface area (Å²) in [4.78, 5) is 19.9. The molecule has 0 saturated heterocycles. The Kier molecular flexibility index (Phi) is 8.32. The molecule has 0 bridgehead atoms. The van der Waals surface area contributed by atoms with E-state index < -0.39 is 17.2 Å². The summed E-state index contributed by atoms with van der Waals surface area (Å²) in [5.41, 5.74) is 0.